The van der Waals surface area contributed by atoms with Gasteiger partial charge in [-0.3, -0.25) is 14.6 Å². The Morgan fingerprint density at radius 1 is 1.12 bits per heavy atom. The first-order valence-corrected chi connectivity index (χ1v) is 10.7. The molecule has 0 saturated carbocycles. The van der Waals surface area contributed by atoms with Gasteiger partial charge in [-0.05, 0) is 24.5 Å². The fourth-order valence-corrected chi connectivity index (χ4v) is 3.29. The number of carbonyl (C=O) groups excluding carboxylic acids is 2. The van der Waals surface area contributed by atoms with E-state index in [4.69, 9.17) is 17.2 Å². The highest BCUT2D eigenvalue weighted by atomic mass is 32.1. The van der Waals surface area contributed by atoms with Gasteiger partial charge in [-0.25, -0.2) is 4.79 Å². The lowest BCUT2D eigenvalue weighted by Gasteiger charge is -2.22. The number of carboxylic acid groups (broad SMARTS) is 1. The van der Waals surface area contributed by atoms with Crippen LogP contribution in [-0.4, -0.2) is 64.3 Å². The van der Waals surface area contributed by atoms with Gasteiger partial charge in [0.05, 0.1) is 6.04 Å². The van der Waals surface area contributed by atoms with E-state index in [9.17, 15) is 19.5 Å². The zero-order valence-corrected chi connectivity index (χ0v) is 18.3. The molecule has 32 heavy (non-hydrogen) atoms. The Morgan fingerprint density at radius 2 is 1.81 bits per heavy atom. The van der Waals surface area contributed by atoms with Crippen molar-refractivity contribution in [3.05, 3.63) is 36.0 Å². The van der Waals surface area contributed by atoms with Crippen LogP contribution in [0.1, 0.15) is 18.4 Å². The van der Waals surface area contributed by atoms with Gasteiger partial charge in [0.1, 0.15) is 12.1 Å². The molecule has 1 aromatic heterocycles. The minimum absolute atomic E-state index is 0.0931. The number of amides is 2. The highest BCUT2D eigenvalue weighted by Crippen LogP contribution is 2.19. The molecule has 0 unspecified atom stereocenters. The van der Waals surface area contributed by atoms with Crippen LogP contribution in [0, 0.1) is 0 Å². The number of benzene rings is 1. The number of rotatable bonds is 12. The Hall–Kier alpha value is -3.25. The zero-order chi connectivity index (χ0) is 23.7. The lowest BCUT2D eigenvalue weighted by atomic mass is 10.0. The van der Waals surface area contributed by atoms with Crippen molar-refractivity contribution in [3.63, 3.8) is 0 Å². The van der Waals surface area contributed by atoms with Crippen molar-refractivity contribution in [3.8, 4) is 0 Å². The summed E-state index contributed by atoms with van der Waals surface area (Å²) in [6.07, 6.45) is 2.35. The van der Waals surface area contributed by atoms with Gasteiger partial charge in [-0.2, -0.15) is 12.6 Å². The molecule has 2 rings (SSSR count). The van der Waals surface area contributed by atoms with E-state index in [2.05, 4.69) is 33.2 Å². The Morgan fingerprint density at radius 3 is 2.47 bits per heavy atom. The second-order valence-electron chi connectivity index (χ2n) is 7.26. The summed E-state index contributed by atoms with van der Waals surface area (Å²) in [7, 11) is 0. The van der Waals surface area contributed by atoms with E-state index in [0.29, 0.717) is 6.42 Å². The Balaban J connectivity index is 2.17. The van der Waals surface area contributed by atoms with Crippen LogP contribution >= 0.6 is 12.6 Å². The number of carboxylic acids is 1. The normalized spacial score (nSPS) is 13.7. The van der Waals surface area contributed by atoms with Crippen molar-refractivity contribution in [1.29, 1.82) is 0 Å². The molecule has 0 aliphatic carbocycles. The van der Waals surface area contributed by atoms with Crippen LogP contribution in [0.15, 0.2) is 35.5 Å². The first-order valence-electron chi connectivity index (χ1n) is 10.0. The second kappa shape index (κ2) is 12.0. The van der Waals surface area contributed by atoms with Gasteiger partial charge < -0.3 is 37.9 Å². The Bertz CT molecular complexity index is 974. The monoisotopic (exact) mass is 463 g/mol. The first kappa shape index (κ1) is 25.0. The van der Waals surface area contributed by atoms with Crippen LogP contribution < -0.4 is 27.8 Å². The lowest BCUT2D eigenvalue weighted by molar-refractivity contribution is -0.142. The molecule has 0 bridgehead atoms. The molecule has 12 heteroatoms. The van der Waals surface area contributed by atoms with Gasteiger partial charge in [0.25, 0.3) is 0 Å². The smallest absolute Gasteiger partial charge is 0.326 e. The highest BCUT2D eigenvalue weighted by Gasteiger charge is 2.28. The molecule has 1 heterocycles. The van der Waals surface area contributed by atoms with Crippen molar-refractivity contribution < 1.29 is 19.5 Å². The summed E-state index contributed by atoms with van der Waals surface area (Å²) in [6, 6.07) is 4.40. The van der Waals surface area contributed by atoms with Crippen molar-refractivity contribution in [2.45, 2.75) is 37.4 Å². The fourth-order valence-electron chi connectivity index (χ4n) is 3.12. The van der Waals surface area contributed by atoms with Crippen molar-refractivity contribution in [2.75, 3.05) is 12.3 Å². The van der Waals surface area contributed by atoms with Crippen molar-refractivity contribution in [1.82, 2.24) is 15.6 Å². The Kier molecular flexibility index (Phi) is 9.35. The molecule has 3 atom stereocenters. The number of hydrogen-bond acceptors (Lipinski definition) is 6. The number of fused-ring (bicyclic) bond motifs is 1. The van der Waals surface area contributed by atoms with E-state index < -0.39 is 35.9 Å². The number of aromatic nitrogens is 1. The SMILES string of the molecule is NC(N)=NCCC[C@H](NC(=O)[C@H](Cc1c[nH]c2ccccc12)NC(=O)[C@@H](N)CS)C(=O)O. The van der Waals surface area contributed by atoms with Crippen molar-refractivity contribution in [2.24, 2.45) is 22.2 Å². The average molecular weight is 464 g/mol. The molecule has 0 radical (unpaired) electrons. The molecule has 2 amide bonds. The number of thiol groups is 1. The maximum atomic E-state index is 13.0. The summed E-state index contributed by atoms with van der Waals surface area (Å²) >= 11 is 4.01. The molecular formula is C20H29N7O4S. The number of nitrogens with one attached hydrogen (secondary N) is 3. The van der Waals surface area contributed by atoms with Crippen LogP contribution in [0.4, 0.5) is 0 Å². The summed E-state index contributed by atoms with van der Waals surface area (Å²) in [6.45, 7) is 0.230. The van der Waals surface area contributed by atoms with Gasteiger partial charge in [-0.1, -0.05) is 18.2 Å². The van der Waals surface area contributed by atoms with Crippen LogP contribution in [0.25, 0.3) is 10.9 Å². The molecule has 1 aromatic carbocycles. The number of hydrogen-bond donors (Lipinski definition) is 8. The molecule has 0 aliphatic rings. The molecule has 0 saturated heterocycles. The van der Waals surface area contributed by atoms with Crippen LogP contribution in [0.5, 0.6) is 0 Å². The minimum atomic E-state index is -1.20. The lowest BCUT2D eigenvalue weighted by Crippen LogP contribution is -2.55. The first-order chi connectivity index (χ1) is 15.2. The fraction of sp³-hybridized carbons (Fsp3) is 0.400. The number of aliphatic carboxylic acids is 1. The second-order valence-corrected chi connectivity index (χ2v) is 7.63. The average Bonchev–Trinajstić information content (AvgIpc) is 3.17. The topological polar surface area (TPSA) is 202 Å². The number of H-pyrrole nitrogens is 1. The highest BCUT2D eigenvalue weighted by molar-refractivity contribution is 7.80. The summed E-state index contributed by atoms with van der Waals surface area (Å²) < 4.78 is 0. The molecular weight excluding hydrogens is 434 g/mol. The third-order valence-corrected chi connectivity index (χ3v) is 5.22. The van der Waals surface area contributed by atoms with E-state index >= 15 is 0 Å². The molecule has 174 valence electrons. The summed E-state index contributed by atoms with van der Waals surface area (Å²) in [4.78, 5) is 43.9. The molecule has 10 N–H and O–H groups in total. The predicted octanol–water partition coefficient (Wildman–Crippen LogP) is -0.925. The van der Waals surface area contributed by atoms with Gasteiger partial charge in [0.15, 0.2) is 5.96 Å². The predicted molar refractivity (Wildman–Crippen MR) is 125 cm³/mol. The largest absolute Gasteiger partial charge is 0.480 e. The van der Waals surface area contributed by atoms with E-state index in [-0.39, 0.29) is 31.1 Å². The number of carbonyl (C=O) groups is 3. The van der Waals surface area contributed by atoms with Gasteiger partial charge in [0.2, 0.25) is 11.8 Å². The molecule has 0 fully saturated rings. The number of guanidine groups is 1. The maximum Gasteiger partial charge on any atom is 0.326 e. The quantitative estimate of drug-likeness (QED) is 0.0859. The molecule has 2 aromatic rings. The number of nitrogens with zero attached hydrogens (tertiary/aromatic N) is 1. The van der Waals surface area contributed by atoms with E-state index in [0.717, 1.165) is 16.5 Å². The van der Waals surface area contributed by atoms with Crippen LogP contribution in [-0.2, 0) is 20.8 Å². The van der Waals surface area contributed by atoms with Gasteiger partial charge in [-0.15, -0.1) is 0 Å². The maximum absolute atomic E-state index is 13.0. The van der Waals surface area contributed by atoms with Crippen LogP contribution in [0.2, 0.25) is 0 Å². The van der Waals surface area contributed by atoms with E-state index in [1.165, 1.54) is 0 Å². The van der Waals surface area contributed by atoms with Crippen molar-refractivity contribution >= 4 is 47.3 Å². The standard InChI is InChI=1S/C20H29N7O4S/c21-13(10-32)17(28)27-16(8-11-9-25-14-5-2-1-4-12(11)14)18(29)26-15(19(30)31)6-3-7-24-20(22)23/h1-2,4-5,9,13,15-16,25,32H,3,6-8,10,21H2,(H,26,29)(H,27,28)(H,30,31)(H4,22,23,24)/t13-,15-,16-/m0/s1. The number of nitrogens with two attached hydrogens (primary N) is 3. The summed E-state index contributed by atoms with van der Waals surface area (Å²) in [5, 5.41) is 15.5. The van der Waals surface area contributed by atoms with Gasteiger partial charge >= 0.3 is 5.97 Å². The van der Waals surface area contributed by atoms with E-state index in [1.54, 1.807) is 6.20 Å². The van der Waals surface area contributed by atoms with Gasteiger partial charge in [0, 0.05) is 35.8 Å². The summed E-state index contributed by atoms with van der Waals surface area (Å²) in [5.74, 6) is -2.39. The Labute approximate surface area is 190 Å². The number of para-hydroxylation sites is 1. The number of aromatic amines is 1. The summed E-state index contributed by atoms with van der Waals surface area (Å²) in [5.41, 5.74) is 17.9. The molecule has 11 nitrogen and oxygen atoms in total. The zero-order valence-electron chi connectivity index (χ0n) is 17.5. The number of aliphatic imine (C=N–C) groups is 1. The van der Waals surface area contributed by atoms with Crippen LogP contribution in [0.3, 0.4) is 0 Å². The molecule has 0 aliphatic heterocycles. The minimum Gasteiger partial charge on any atom is -0.480 e. The molecule has 0 spiro atoms. The third kappa shape index (κ3) is 7.17. The van der Waals surface area contributed by atoms with E-state index in [1.807, 2.05) is 24.3 Å². The third-order valence-electron chi connectivity index (χ3n) is 4.83.